The Morgan fingerprint density at radius 3 is 2.93 bits per heavy atom. The van der Waals surface area contributed by atoms with Crippen molar-refractivity contribution in [2.24, 2.45) is 4.99 Å². The van der Waals surface area contributed by atoms with Gasteiger partial charge in [-0.05, 0) is 43.4 Å². The van der Waals surface area contributed by atoms with E-state index in [0.717, 1.165) is 30.2 Å². The number of aliphatic imine (C=N–C) groups is 1. The van der Waals surface area contributed by atoms with Crippen LogP contribution in [0, 0.1) is 0 Å². The quantitative estimate of drug-likeness (QED) is 0.315. The highest BCUT2D eigenvalue weighted by Gasteiger charge is 2.17. The summed E-state index contributed by atoms with van der Waals surface area (Å²) in [7, 11) is 3.87. The molecule has 0 fully saturated rings. The van der Waals surface area contributed by atoms with Gasteiger partial charge in [-0.1, -0.05) is 12.1 Å². The van der Waals surface area contributed by atoms with Crippen molar-refractivity contribution in [1.29, 1.82) is 0 Å². The van der Waals surface area contributed by atoms with E-state index in [1.165, 1.54) is 41.2 Å². The zero-order chi connectivity index (χ0) is 19.3. The second-order valence-corrected chi connectivity index (χ2v) is 8.12. The lowest BCUT2D eigenvalue weighted by Gasteiger charge is -2.21. The van der Waals surface area contributed by atoms with Gasteiger partial charge in [0.2, 0.25) is 0 Å². The highest BCUT2D eigenvalue weighted by Crippen LogP contribution is 2.27. The van der Waals surface area contributed by atoms with Crippen molar-refractivity contribution < 1.29 is 0 Å². The third-order valence-corrected chi connectivity index (χ3v) is 6.02. The molecule has 9 heteroatoms. The third kappa shape index (κ3) is 5.33. The van der Waals surface area contributed by atoms with Crippen LogP contribution in [-0.4, -0.2) is 44.7 Å². The van der Waals surface area contributed by atoms with Crippen LogP contribution in [0.15, 0.2) is 41.9 Å². The van der Waals surface area contributed by atoms with Crippen LogP contribution in [0.3, 0.4) is 0 Å². The number of halogens is 1. The van der Waals surface area contributed by atoms with Crippen LogP contribution in [0.25, 0.3) is 5.69 Å². The van der Waals surface area contributed by atoms with Gasteiger partial charge in [0.1, 0.15) is 17.7 Å². The first kappa shape index (κ1) is 21.7. The number of thiazole rings is 1. The molecule has 4 rings (SSSR count). The van der Waals surface area contributed by atoms with Gasteiger partial charge in [0.05, 0.1) is 17.9 Å². The molecule has 0 bridgehead atoms. The molecule has 1 aromatic carbocycles. The summed E-state index contributed by atoms with van der Waals surface area (Å²) in [6.07, 6.45) is 8.12. The minimum Gasteiger partial charge on any atom is -0.352 e. The molecule has 0 saturated carbocycles. The van der Waals surface area contributed by atoms with Crippen LogP contribution < -0.4 is 5.32 Å². The molecule has 29 heavy (non-hydrogen) atoms. The average Bonchev–Trinajstić information content (AvgIpc) is 3.38. The van der Waals surface area contributed by atoms with Crippen LogP contribution in [0.2, 0.25) is 0 Å². The summed E-state index contributed by atoms with van der Waals surface area (Å²) in [5.74, 6) is 0.860. The van der Waals surface area contributed by atoms with Gasteiger partial charge in [0.25, 0.3) is 0 Å². The Hall–Kier alpha value is -2.01. The topological polar surface area (TPSA) is 71.2 Å². The lowest BCUT2D eigenvalue weighted by molar-refractivity contribution is 0.474. The molecule has 0 aliphatic heterocycles. The summed E-state index contributed by atoms with van der Waals surface area (Å²) in [5, 5.41) is 8.81. The van der Waals surface area contributed by atoms with E-state index < -0.39 is 0 Å². The fraction of sp³-hybridized carbons (Fsp3) is 0.400. The standard InChI is InChI=1S/C20H25N7S.HI/c1-21-20(26(2)12-19-25-17-8-3-4-9-18(17)28-19)23-11-15-6-5-7-16(10-15)27-14-22-13-24-27;/h5-7,10,13-14H,3-4,8-9,11-12H2,1-2H3,(H,21,23);1H. The summed E-state index contributed by atoms with van der Waals surface area (Å²) in [6.45, 7) is 1.46. The number of hydrogen-bond donors (Lipinski definition) is 1. The number of benzene rings is 1. The molecule has 1 N–H and O–H groups in total. The van der Waals surface area contributed by atoms with Gasteiger partial charge in [0.15, 0.2) is 5.96 Å². The largest absolute Gasteiger partial charge is 0.352 e. The van der Waals surface area contributed by atoms with Crippen molar-refractivity contribution in [3.05, 3.63) is 58.1 Å². The van der Waals surface area contributed by atoms with Crippen LogP contribution in [0.4, 0.5) is 0 Å². The second kappa shape index (κ2) is 10.1. The molecule has 0 atom stereocenters. The van der Waals surface area contributed by atoms with Gasteiger partial charge in [-0.2, -0.15) is 5.10 Å². The average molecular weight is 523 g/mol. The zero-order valence-corrected chi connectivity index (χ0v) is 19.9. The predicted octanol–water partition coefficient (Wildman–Crippen LogP) is 3.43. The van der Waals surface area contributed by atoms with Crippen LogP contribution in [0.1, 0.15) is 34.0 Å². The molecule has 0 radical (unpaired) electrons. The number of guanidine groups is 1. The van der Waals surface area contributed by atoms with E-state index in [9.17, 15) is 0 Å². The molecule has 0 saturated heterocycles. The Morgan fingerprint density at radius 2 is 2.17 bits per heavy atom. The number of rotatable bonds is 5. The zero-order valence-electron chi connectivity index (χ0n) is 16.7. The molecular weight excluding hydrogens is 497 g/mol. The fourth-order valence-corrected chi connectivity index (χ4v) is 4.68. The Morgan fingerprint density at radius 1 is 1.31 bits per heavy atom. The van der Waals surface area contributed by atoms with Gasteiger partial charge in [-0.25, -0.2) is 14.6 Å². The van der Waals surface area contributed by atoms with Crippen LogP contribution in [-0.2, 0) is 25.9 Å². The number of nitrogens with one attached hydrogen (secondary N) is 1. The van der Waals surface area contributed by atoms with E-state index in [2.05, 4.69) is 44.5 Å². The highest BCUT2D eigenvalue weighted by atomic mass is 127. The molecule has 154 valence electrons. The summed E-state index contributed by atoms with van der Waals surface area (Å²) in [6, 6.07) is 8.24. The Labute approximate surface area is 192 Å². The smallest absolute Gasteiger partial charge is 0.194 e. The van der Waals surface area contributed by atoms with Crippen molar-refractivity contribution in [1.82, 2.24) is 30.0 Å². The summed E-state index contributed by atoms with van der Waals surface area (Å²) in [4.78, 5) is 16.9. The number of hydrogen-bond acceptors (Lipinski definition) is 5. The van der Waals surface area contributed by atoms with Gasteiger partial charge >= 0.3 is 0 Å². The van der Waals surface area contributed by atoms with Gasteiger partial charge in [0, 0.05) is 25.5 Å². The molecular formula is C20H26IN7S. The molecule has 0 spiro atoms. The Kier molecular flexibility index (Phi) is 7.59. The molecule has 2 heterocycles. The molecule has 0 amide bonds. The normalized spacial score (nSPS) is 13.5. The highest BCUT2D eigenvalue weighted by molar-refractivity contribution is 14.0. The van der Waals surface area contributed by atoms with Crippen LogP contribution in [0.5, 0.6) is 0 Å². The maximum atomic E-state index is 4.84. The van der Waals surface area contributed by atoms with Gasteiger partial charge in [-0.15, -0.1) is 35.3 Å². The van der Waals surface area contributed by atoms with Crippen LogP contribution >= 0.6 is 35.3 Å². The Balaban J connectivity index is 0.00000240. The van der Waals surface area contributed by atoms with Crippen molar-refractivity contribution in [3.8, 4) is 5.69 Å². The van der Waals surface area contributed by atoms with E-state index >= 15 is 0 Å². The molecule has 2 aromatic heterocycles. The van der Waals surface area contributed by atoms with E-state index in [0.29, 0.717) is 6.54 Å². The minimum absolute atomic E-state index is 0. The van der Waals surface area contributed by atoms with Gasteiger partial charge in [-0.3, -0.25) is 4.99 Å². The Bertz CT molecular complexity index is 928. The summed E-state index contributed by atoms with van der Waals surface area (Å²) >= 11 is 1.86. The first-order valence-corrected chi connectivity index (χ1v) is 10.4. The number of fused-ring (bicyclic) bond motifs is 1. The fourth-order valence-electron chi connectivity index (χ4n) is 3.47. The molecule has 0 unspecified atom stereocenters. The van der Waals surface area contributed by atoms with E-state index in [-0.39, 0.29) is 24.0 Å². The maximum absolute atomic E-state index is 4.84. The molecule has 1 aliphatic rings. The van der Waals surface area contributed by atoms with Crippen molar-refractivity contribution >= 4 is 41.3 Å². The minimum atomic E-state index is 0. The monoisotopic (exact) mass is 523 g/mol. The number of nitrogens with zero attached hydrogens (tertiary/aromatic N) is 6. The molecule has 1 aliphatic carbocycles. The van der Waals surface area contributed by atoms with Crippen molar-refractivity contribution in [2.45, 2.75) is 38.8 Å². The molecule has 3 aromatic rings. The SMILES string of the molecule is CN=C(NCc1cccc(-n2cncn2)c1)N(C)Cc1nc2c(s1)CCCC2.I. The van der Waals surface area contributed by atoms with E-state index in [1.54, 1.807) is 11.0 Å². The van der Waals surface area contributed by atoms with E-state index in [4.69, 9.17) is 4.98 Å². The number of aromatic nitrogens is 4. The lowest BCUT2D eigenvalue weighted by Crippen LogP contribution is -2.38. The van der Waals surface area contributed by atoms with Crippen molar-refractivity contribution in [3.63, 3.8) is 0 Å². The number of aryl methyl sites for hydroxylation is 2. The first-order valence-electron chi connectivity index (χ1n) is 9.56. The lowest BCUT2D eigenvalue weighted by atomic mass is 10.0. The molecule has 7 nitrogen and oxygen atoms in total. The van der Waals surface area contributed by atoms with Crippen molar-refractivity contribution in [2.75, 3.05) is 14.1 Å². The van der Waals surface area contributed by atoms with Gasteiger partial charge < -0.3 is 10.2 Å². The predicted molar refractivity (Wildman–Crippen MR) is 127 cm³/mol. The first-order chi connectivity index (χ1) is 13.7. The van der Waals surface area contributed by atoms with E-state index in [1.807, 2.05) is 30.5 Å². The summed E-state index contributed by atoms with van der Waals surface area (Å²) in [5.41, 5.74) is 3.47. The second-order valence-electron chi connectivity index (χ2n) is 6.95. The third-order valence-electron chi connectivity index (χ3n) is 4.88. The maximum Gasteiger partial charge on any atom is 0.194 e. The summed E-state index contributed by atoms with van der Waals surface area (Å²) < 4.78 is 1.76.